The van der Waals surface area contributed by atoms with Gasteiger partial charge in [0, 0.05) is 13.0 Å². The minimum Gasteiger partial charge on any atom is -0.497 e. The van der Waals surface area contributed by atoms with Gasteiger partial charge in [-0.2, -0.15) is 0 Å². The SMILES string of the molecule is COc1ccc(CCN2CCC(CC(=O)C3C4CCC(O4)C3C(=O)O)CC2)cc1. The maximum atomic E-state index is 12.9. The van der Waals surface area contributed by atoms with Crippen molar-refractivity contribution in [2.24, 2.45) is 17.8 Å². The van der Waals surface area contributed by atoms with E-state index in [-0.39, 0.29) is 18.0 Å². The quantitative estimate of drug-likeness (QED) is 0.722. The minimum absolute atomic E-state index is 0.112. The molecule has 0 saturated carbocycles. The van der Waals surface area contributed by atoms with Gasteiger partial charge in [-0.25, -0.2) is 0 Å². The number of rotatable bonds is 8. The third-order valence-corrected chi connectivity index (χ3v) is 7.00. The summed E-state index contributed by atoms with van der Waals surface area (Å²) in [4.78, 5) is 27.0. The Kier molecular flexibility index (Phi) is 6.20. The van der Waals surface area contributed by atoms with Crippen molar-refractivity contribution in [3.8, 4) is 5.75 Å². The number of Topliss-reactive ketones (excluding diaryl/α,β-unsaturated/α-hetero) is 1. The molecule has 0 radical (unpaired) electrons. The number of benzene rings is 1. The Labute approximate surface area is 172 Å². The van der Waals surface area contributed by atoms with Gasteiger partial charge in [-0.1, -0.05) is 12.1 Å². The molecule has 3 fully saturated rings. The summed E-state index contributed by atoms with van der Waals surface area (Å²) in [5.41, 5.74) is 1.30. The lowest BCUT2D eigenvalue weighted by atomic mass is 9.74. The monoisotopic (exact) mass is 401 g/mol. The first kappa shape index (κ1) is 20.4. The molecule has 1 N–H and O–H groups in total. The molecule has 3 aliphatic heterocycles. The van der Waals surface area contributed by atoms with Crippen LogP contribution >= 0.6 is 0 Å². The van der Waals surface area contributed by atoms with E-state index in [0.29, 0.717) is 12.3 Å². The van der Waals surface area contributed by atoms with E-state index >= 15 is 0 Å². The fourth-order valence-electron chi connectivity index (χ4n) is 5.31. The first-order valence-electron chi connectivity index (χ1n) is 10.8. The number of fused-ring (bicyclic) bond motifs is 2. The number of hydrogen-bond donors (Lipinski definition) is 1. The van der Waals surface area contributed by atoms with Gasteiger partial charge in [0.1, 0.15) is 11.5 Å². The van der Waals surface area contributed by atoms with E-state index in [9.17, 15) is 14.7 Å². The zero-order valence-corrected chi connectivity index (χ0v) is 17.1. The van der Waals surface area contributed by atoms with E-state index in [4.69, 9.17) is 9.47 Å². The Bertz CT molecular complexity index is 725. The van der Waals surface area contributed by atoms with Crippen LogP contribution in [0.3, 0.4) is 0 Å². The summed E-state index contributed by atoms with van der Waals surface area (Å²) in [6, 6.07) is 8.22. The van der Waals surface area contributed by atoms with Gasteiger partial charge in [0.25, 0.3) is 0 Å². The molecule has 1 aromatic carbocycles. The smallest absolute Gasteiger partial charge is 0.309 e. The molecule has 0 amide bonds. The molecule has 2 bridgehead atoms. The fourth-order valence-corrected chi connectivity index (χ4v) is 5.31. The first-order valence-corrected chi connectivity index (χ1v) is 10.8. The molecule has 29 heavy (non-hydrogen) atoms. The zero-order chi connectivity index (χ0) is 20.4. The largest absolute Gasteiger partial charge is 0.497 e. The van der Waals surface area contributed by atoms with Crippen molar-refractivity contribution in [1.29, 1.82) is 0 Å². The number of hydrogen-bond acceptors (Lipinski definition) is 5. The lowest BCUT2D eigenvalue weighted by Gasteiger charge is -2.33. The molecule has 0 spiro atoms. The van der Waals surface area contributed by atoms with Gasteiger partial charge in [0.05, 0.1) is 31.2 Å². The molecule has 0 aromatic heterocycles. The molecule has 4 atom stereocenters. The molecule has 158 valence electrons. The van der Waals surface area contributed by atoms with Crippen molar-refractivity contribution >= 4 is 11.8 Å². The van der Waals surface area contributed by atoms with Crippen molar-refractivity contribution in [3.63, 3.8) is 0 Å². The van der Waals surface area contributed by atoms with Crippen LogP contribution in [0.2, 0.25) is 0 Å². The summed E-state index contributed by atoms with van der Waals surface area (Å²) in [7, 11) is 1.68. The van der Waals surface area contributed by atoms with Crippen molar-refractivity contribution in [3.05, 3.63) is 29.8 Å². The van der Waals surface area contributed by atoms with Crippen LogP contribution in [0, 0.1) is 17.8 Å². The standard InChI is InChI=1S/C23H31NO5/c1-28-17-4-2-15(3-5-17)8-11-24-12-9-16(10-13-24)14-18(25)21-19-6-7-20(29-19)22(21)23(26)27/h2-5,16,19-22H,6-14H2,1H3,(H,26,27). The average molecular weight is 402 g/mol. The molecule has 0 aliphatic carbocycles. The number of methoxy groups -OCH3 is 1. The van der Waals surface area contributed by atoms with Crippen molar-refractivity contribution < 1.29 is 24.2 Å². The molecular formula is C23H31NO5. The van der Waals surface area contributed by atoms with Gasteiger partial charge in [0.2, 0.25) is 0 Å². The normalized spacial score (nSPS) is 29.8. The third-order valence-electron chi connectivity index (χ3n) is 7.00. The number of carbonyl (C=O) groups is 2. The molecule has 1 aromatic rings. The predicted octanol–water partition coefficient (Wildman–Crippen LogP) is 2.79. The average Bonchev–Trinajstić information content (AvgIpc) is 3.35. The van der Waals surface area contributed by atoms with E-state index in [0.717, 1.165) is 57.5 Å². The Morgan fingerprint density at radius 3 is 2.34 bits per heavy atom. The Morgan fingerprint density at radius 1 is 1.07 bits per heavy atom. The summed E-state index contributed by atoms with van der Waals surface area (Å²) in [6.07, 6.45) is 4.71. The highest BCUT2D eigenvalue weighted by Gasteiger charge is 2.55. The van der Waals surface area contributed by atoms with Gasteiger partial charge in [-0.15, -0.1) is 0 Å². The van der Waals surface area contributed by atoms with Gasteiger partial charge in [0.15, 0.2) is 0 Å². The number of likely N-dealkylation sites (tertiary alicyclic amines) is 1. The maximum absolute atomic E-state index is 12.9. The summed E-state index contributed by atoms with van der Waals surface area (Å²) in [5.74, 6) is -0.575. The molecule has 3 heterocycles. The second-order valence-corrected chi connectivity index (χ2v) is 8.73. The van der Waals surface area contributed by atoms with Crippen LogP contribution in [0.25, 0.3) is 0 Å². The number of piperidine rings is 1. The van der Waals surface area contributed by atoms with Crippen LogP contribution < -0.4 is 4.74 Å². The molecule has 3 saturated heterocycles. The molecule has 6 nitrogen and oxygen atoms in total. The Balaban J connectivity index is 1.22. The van der Waals surface area contributed by atoms with E-state index in [1.807, 2.05) is 12.1 Å². The van der Waals surface area contributed by atoms with Gasteiger partial charge in [-0.3, -0.25) is 9.59 Å². The number of ketones is 1. The molecular weight excluding hydrogens is 370 g/mol. The van der Waals surface area contributed by atoms with E-state index in [1.165, 1.54) is 5.56 Å². The zero-order valence-electron chi connectivity index (χ0n) is 17.1. The van der Waals surface area contributed by atoms with E-state index in [1.54, 1.807) is 7.11 Å². The summed E-state index contributed by atoms with van der Waals surface area (Å²) in [6.45, 7) is 3.03. The first-order chi connectivity index (χ1) is 14.0. The number of ether oxygens (including phenoxy) is 2. The molecule has 6 heteroatoms. The lowest BCUT2D eigenvalue weighted by Crippen LogP contribution is -2.40. The highest BCUT2D eigenvalue weighted by Crippen LogP contribution is 2.45. The number of nitrogens with zero attached hydrogens (tertiary/aromatic N) is 1. The van der Waals surface area contributed by atoms with Crippen molar-refractivity contribution in [2.45, 2.75) is 50.7 Å². The summed E-state index contributed by atoms with van der Waals surface area (Å²) in [5, 5.41) is 9.53. The van der Waals surface area contributed by atoms with Gasteiger partial charge < -0.3 is 19.5 Å². The molecule has 4 rings (SSSR count). The van der Waals surface area contributed by atoms with Crippen LogP contribution in [-0.2, 0) is 20.7 Å². The van der Waals surface area contributed by atoms with Crippen LogP contribution in [0.5, 0.6) is 5.75 Å². The van der Waals surface area contributed by atoms with Gasteiger partial charge >= 0.3 is 5.97 Å². The summed E-state index contributed by atoms with van der Waals surface area (Å²) >= 11 is 0. The van der Waals surface area contributed by atoms with E-state index in [2.05, 4.69) is 17.0 Å². The summed E-state index contributed by atoms with van der Waals surface area (Å²) < 4.78 is 11.0. The number of carboxylic acid groups (broad SMARTS) is 1. The predicted molar refractivity (Wildman–Crippen MR) is 108 cm³/mol. The lowest BCUT2D eigenvalue weighted by molar-refractivity contribution is -0.147. The third kappa shape index (κ3) is 4.48. The van der Waals surface area contributed by atoms with Crippen LogP contribution in [0.4, 0.5) is 0 Å². The Morgan fingerprint density at radius 2 is 1.72 bits per heavy atom. The van der Waals surface area contributed by atoms with Crippen LogP contribution in [0.15, 0.2) is 24.3 Å². The number of carboxylic acids is 1. The highest BCUT2D eigenvalue weighted by atomic mass is 16.5. The van der Waals surface area contributed by atoms with Crippen LogP contribution in [0.1, 0.15) is 37.7 Å². The minimum atomic E-state index is -0.871. The maximum Gasteiger partial charge on any atom is 0.309 e. The van der Waals surface area contributed by atoms with Crippen LogP contribution in [-0.4, -0.2) is 60.7 Å². The number of aliphatic carboxylic acids is 1. The fraction of sp³-hybridized carbons (Fsp3) is 0.652. The Hall–Kier alpha value is -1.92. The van der Waals surface area contributed by atoms with E-state index < -0.39 is 17.8 Å². The molecule has 3 aliphatic rings. The second kappa shape index (κ2) is 8.84. The topological polar surface area (TPSA) is 76.1 Å². The van der Waals surface area contributed by atoms with Gasteiger partial charge in [-0.05, 0) is 68.8 Å². The second-order valence-electron chi connectivity index (χ2n) is 8.73. The number of carbonyl (C=O) groups excluding carboxylic acids is 1. The van der Waals surface area contributed by atoms with Crippen molar-refractivity contribution in [2.75, 3.05) is 26.7 Å². The molecule has 4 unspecified atom stereocenters. The van der Waals surface area contributed by atoms with Crippen molar-refractivity contribution in [1.82, 2.24) is 4.90 Å². The highest BCUT2D eigenvalue weighted by molar-refractivity contribution is 5.88.